The van der Waals surface area contributed by atoms with Gasteiger partial charge in [0.2, 0.25) is 0 Å². The Morgan fingerprint density at radius 3 is 2.62 bits per heavy atom. The van der Waals surface area contributed by atoms with E-state index < -0.39 is 0 Å². The van der Waals surface area contributed by atoms with Gasteiger partial charge in [0.25, 0.3) is 5.56 Å². The highest BCUT2D eigenvalue weighted by Crippen LogP contribution is 2.17. The number of nitrogens with zero attached hydrogens (tertiary/aromatic N) is 1. The number of rotatable bonds is 1. The number of hydrogen-bond acceptors (Lipinski definition) is 2. The summed E-state index contributed by atoms with van der Waals surface area (Å²) in [5.41, 5.74) is 1.23. The van der Waals surface area contributed by atoms with Crippen molar-refractivity contribution in [2.24, 2.45) is 0 Å². The summed E-state index contributed by atoms with van der Waals surface area (Å²) in [5, 5.41) is 9.30. The van der Waals surface area contributed by atoms with E-state index in [1.54, 1.807) is 17.6 Å². The molecule has 1 aromatic heterocycles. The fraction of sp³-hybridized carbons (Fsp3) is 0.0833. The molecule has 4 heteroatoms. The van der Waals surface area contributed by atoms with Crippen molar-refractivity contribution in [3.63, 3.8) is 0 Å². The van der Waals surface area contributed by atoms with Gasteiger partial charge in [0.05, 0.1) is 0 Å². The molecule has 3 nitrogen and oxygen atoms in total. The molecule has 0 aliphatic carbocycles. The Kier molecular flexibility index (Phi) is 2.83. The number of aromatic hydroxyl groups is 1. The normalized spacial score (nSPS) is 10.4. The van der Waals surface area contributed by atoms with Crippen LogP contribution < -0.4 is 5.56 Å². The Morgan fingerprint density at radius 2 is 2.00 bits per heavy atom. The molecule has 1 aromatic carbocycles. The monoisotopic (exact) mass is 279 g/mol. The molecule has 1 heterocycles. The fourth-order valence-electron chi connectivity index (χ4n) is 1.63. The lowest BCUT2D eigenvalue weighted by atomic mass is 10.2. The first-order valence-corrected chi connectivity index (χ1v) is 5.56. The molecule has 0 aliphatic heterocycles. The quantitative estimate of drug-likeness (QED) is 0.872. The van der Waals surface area contributed by atoms with E-state index in [4.69, 9.17) is 0 Å². The van der Waals surface area contributed by atoms with Gasteiger partial charge in [-0.2, -0.15) is 0 Å². The van der Waals surface area contributed by atoms with Crippen LogP contribution in [0.4, 0.5) is 0 Å². The summed E-state index contributed by atoms with van der Waals surface area (Å²) in [7, 11) is 0. The highest BCUT2D eigenvalue weighted by molar-refractivity contribution is 9.10. The standard InChI is InChI=1S/C12H10BrNO2/c1-8-5-11(15)7-12(16)14(8)10-4-2-3-9(13)6-10/h2-7,15H,1H3. The summed E-state index contributed by atoms with van der Waals surface area (Å²) in [6, 6.07) is 10.2. The lowest BCUT2D eigenvalue weighted by Gasteiger charge is -2.10. The van der Waals surface area contributed by atoms with Gasteiger partial charge in [0.15, 0.2) is 0 Å². The number of aromatic nitrogens is 1. The lowest BCUT2D eigenvalue weighted by Crippen LogP contribution is -2.18. The molecule has 0 atom stereocenters. The van der Waals surface area contributed by atoms with E-state index >= 15 is 0 Å². The third-order valence-corrected chi connectivity index (χ3v) is 2.76. The molecule has 82 valence electrons. The van der Waals surface area contributed by atoms with Crippen molar-refractivity contribution >= 4 is 15.9 Å². The zero-order valence-electron chi connectivity index (χ0n) is 8.64. The first-order valence-electron chi connectivity index (χ1n) is 4.76. The molecule has 0 radical (unpaired) electrons. The highest BCUT2D eigenvalue weighted by atomic mass is 79.9. The van der Waals surface area contributed by atoms with Crippen molar-refractivity contribution in [2.75, 3.05) is 0 Å². The van der Waals surface area contributed by atoms with Crippen molar-refractivity contribution in [2.45, 2.75) is 6.92 Å². The molecule has 2 aromatic rings. The van der Waals surface area contributed by atoms with Gasteiger partial charge >= 0.3 is 0 Å². The maximum atomic E-state index is 11.8. The van der Waals surface area contributed by atoms with E-state index in [1.807, 2.05) is 24.3 Å². The van der Waals surface area contributed by atoms with Gasteiger partial charge in [-0.3, -0.25) is 9.36 Å². The van der Waals surface area contributed by atoms with Gasteiger partial charge in [-0.1, -0.05) is 22.0 Å². The fourth-order valence-corrected chi connectivity index (χ4v) is 2.02. The number of halogens is 1. The molecular formula is C12H10BrNO2. The van der Waals surface area contributed by atoms with Gasteiger partial charge in [-0.25, -0.2) is 0 Å². The lowest BCUT2D eigenvalue weighted by molar-refractivity contribution is 0.472. The largest absolute Gasteiger partial charge is 0.508 e. The van der Waals surface area contributed by atoms with Crippen LogP contribution in [0.25, 0.3) is 5.69 Å². The van der Waals surface area contributed by atoms with E-state index in [9.17, 15) is 9.90 Å². The van der Waals surface area contributed by atoms with Crippen molar-refractivity contribution < 1.29 is 5.11 Å². The molecule has 1 N–H and O–H groups in total. The molecule has 0 aliphatic rings. The van der Waals surface area contributed by atoms with E-state index in [2.05, 4.69) is 15.9 Å². The van der Waals surface area contributed by atoms with E-state index in [0.717, 1.165) is 10.2 Å². The van der Waals surface area contributed by atoms with Crippen LogP contribution in [0.2, 0.25) is 0 Å². The predicted molar refractivity (Wildman–Crippen MR) is 66.1 cm³/mol. The molecule has 0 bridgehead atoms. The SMILES string of the molecule is Cc1cc(O)cc(=O)n1-c1cccc(Br)c1. The third kappa shape index (κ3) is 2.02. The number of pyridine rings is 1. The first kappa shape index (κ1) is 11.0. The summed E-state index contributed by atoms with van der Waals surface area (Å²) in [6.07, 6.45) is 0. The molecule has 0 fully saturated rings. The van der Waals surface area contributed by atoms with Crippen LogP contribution in [0.1, 0.15) is 5.69 Å². The third-order valence-electron chi connectivity index (χ3n) is 2.27. The number of benzene rings is 1. The average Bonchev–Trinajstić information content (AvgIpc) is 2.15. The van der Waals surface area contributed by atoms with Crippen molar-refractivity contribution in [3.8, 4) is 11.4 Å². The van der Waals surface area contributed by atoms with Gasteiger partial charge < -0.3 is 5.11 Å². The molecule has 0 spiro atoms. The maximum absolute atomic E-state index is 11.8. The van der Waals surface area contributed by atoms with Gasteiger partial charge in [-0.05, 0) is 31.2 Å². The van der Waals surface area contributed by atoms with Crippen LogP contribution in [-0.2, 0) is 0 Å². The number of hydrogen-bond donors (Lipinski definition) is 1. The first-order chi connectivity index (χ1) is 7.58. The maximum Gasteiger partial charge on any atom is 0.258 e. The topological polar surface area (TPSA) is 42.2 Å². The Bertz CT molecular complexity index is 590. The Morgan fingerprint density at radius 1 is 1.25 bits per heavy atom. The summed E-state index contributed by atoms with van der Waals surface area (Å²) < 4.78 is 2.45. The minimum Gasteiger partial charge on any atom is -0.508 e. The second-order valence-electron chi connectivity index (χ2n) is 3.51. The van der Waals surface area contributed by atoms with Crippen molar-refractivity contribution in [1.29, 1.82) is 0 Å². The molecular weight excluding hydrogens is 270 g/mol. The van der Waals surface area contributed by atoms with Gasteiger partial charge in [0, 0.05) is 21.9 Å². The molecule has 16 heavy (non-hydrogen) atoms. The van der Waals surface area contributed by atoms with Gasteiger partial charge in [-0.15, -0.1) is 0 Å². The van der Waals surface area contributed by atoms with E-state index in [-0.39, 0.29) is 11.3 Å². The van der Waals surface area contributed by atoms with Crippen LogP contribution in [0.3, 0.4) is 0 Å². The Labute approximate surface area is 101 Å². The zero-order valence-corrected chi connectivity index (χ0v) is 10.2. The summed E-state index contributed by atoms with van der Waals surface area (Å²) >= 11 is 3.36. The van der Waals surface area contributed by atoms with Crippen LogP contribution >= 0.6 is 15.9 Å². The molecule has 0 saturated heterocycles. The summed E-state index contributed by atoms with van der Waals surface area (Å²) in [6.45, 7) is 1.78. The van der Waals surface area contributed by atoms with E-state index in [0.29, 0.717) is 5.69 Å². The summed E-state index contributed by atoms with van der Waals surface area (Å²) in [5.74, 6) is -0.00579. The van der Waals surface area contributed by atoms with Crippen LogP contribution in [-0.4, -0.2) is 9.67 Å². The van der Waals surface area contributed by atoms with Crippen molar-refractivity contribution in [3.05, 3.63) is 56.9 Å². The predicted octanol–water partition coefficient (Wildman–Crippen LogP) is 2.61. The van der Waals surface area contributed by atoms with Crippen LogP contribution in [0.5, 0.6) is 5.75 Å². The minimum atomic E-state index is -0.240. The van der Waals surface area contributed by atoms with Crippen molar-refractivity contribution in [1.82, 2.24) is 4.57 Å². The second kappa shape index (κ2) is 4.14. The smallest absolute Gasteiger partial charge is 0.258 e. The van der Waals surface area contributed by atoms with Crippen LogP contribution in [0, 0.1) is 6.92 Å². The second-order valence-corrected chi connectivity index (χ2v) is 4.42. The van der Waals surface area contributed by atoms with Crippen LogP contribution in [0.15, 0.2) is 45.7 Å². The number of aryl methyl sites for hydroxylation is 1. The minimum absolute atomic E-state index is 0.00579. The highest BCUT2D eigenvalue weighted by Gasteiger charge is 2.05. The Hall–Kier alpha value is -1.55. The molecule has 0 amide bonds. The zero-order chi connectivity index (χ0) is 11.7. The molecule has 2 rings (SSSR count). The Balaban J connectivity index is 2.70. The van der Waals surface area contributed by atoms with E-state index in [1.165, 1.54) is 6.07 Å². The molecule has 0 saturated carbocycles. The molecule has 0 unspecified atom stereocenters. The van der Waals surface area contributed by atoms with Gasteiger partial charge in [0.1, 0.15) is 5.75 Å². The summed E-state index contributed by atoms with van der Waals surface area (Å²) in [4.78, 5) is 11.8. The average molecular weight is 280 g/mol.